The summed E-state index contributed by atoms with van der Waals surface area (Å²) >= 11 is 0. The molecule has 0 amide bonds. The molecule has 1 aromatic rings. The molecule has 1 aromatic carbocycles. The van der Waals surface area contributed by atoms with Crippen molar-refractivity contribution in [2.24, 2.45) is 5.92 Å². The molecule has 0 saturated heterocycles. The molecule has 0 fully saturated rings. The van der Waals surface area contributed by atoms with Crippen molar-refractivity contribution < 1.29 is 27.1 Å². The van der Waals surface area contributed by atoms with Crippen LogP contribution >= 0.6 is 0 Å². The van der Waals surface area contributed by atoms with Gasteiger partial charge in [0.05, 0.1) is 11.3 Å². The average molecular weight is 306 g/mol. The Morgan fingerprint density at radius 1 is 1.35 bits per heavy atom. The van der Waals surface area contributed by atoms with E-state index in [-0.39, 0.29) is 11.7 Å². The topological polar surface area (TPSA) is 71.4 Å². The van der Waals surface area contributed by atoms with Gasteiger partial charge in [0.2, 0.25) is 0 Å². The van der Waals surface area contributed by atoms with Gasteiger partial charge < -0.3 is 5.11 Å². The molecule has 0 aliphatic carbocycles. The van der Waals surface area contributed by atoms with Gasteiger partial charge in [-0.2, -0.15) is 0 Å². The number of carboxylic acid groups (broad SMARTS) is 1. The van der Waals surface area contributed by atoms with Crippen LogP contribution in [0.2, 0.25) is 0 Å². The lowest BCUT2D eigenvalue weighted by molar-refractivity contribution is 0.0696. The first-order valence-corrected chi connectivity index (χ1v) is 7.79. The Morgan fingerprint density at radius 3 is 2.45 bits per heavy atom. The molecule has 1 N–H and O–H groups in total. The zero-order valence-electron chi connectivity index (χ0n) is 11.2. The van der Waals surface area contributed by atoms with Gasteiger partial charge in [-0.1, -0.05) is 20.3 Å². The van der Waals surface area contributed by atoms with E-state index in [2.05, 4.69) is 0 Å². The van der Waals surface area contributed by atoms with Crippen LogP contribution in [0.5, 0.6) is 0 Å². The molecule has 0 aliphatic rings. The standard InChI is InChI=1S/C13H16F2O4S/c1-3-4-8(2)7-20(18,19)11-6-9(13(16)17)5-10(14)12(11)15/h5-6,8H,3-4,7H2,1-2H3,(H,16,17). The monoisotopic (exact) mass is 306 g/mol. The minimum absolute atomic E-state index is 0.221. The molecule has 0 radical (unpaired) electrons. The Morgan fingerprint density at radius 2 is 1.95 bits per heavy atom. The van der Waals surface area contributed by atoms with Gasteiger partial charge in [-0.15, -0.1) is 0 Å². The number of rotatable bonds is 6. The third kappa shape index (κ3) is 3.75. The molecule has 0 bridgehead atoms. The first kappa shape index (κ1) is 16.6. The van der Waals surface area contributed by atoms with E-state index in [1.54, 1.807) is 6.92 Å². The van der Waals surface area contributed by atoms with Crippen LogP contribution in [-0.2, 0) is 9.84 Å². The zero-order chi connectivity index (χ0) is 15.5. The number of carboxylic acids is 1. The van der Waals surface area contributed by atoms with Crippen molar-refractivity contribution in [2.45, 2.75) is 31.6 Å². The number of halogens is 2. The van der Waals surface area contributed by atoms with Crippen LogP contribution in [0.3, 0.4) is 0 Å². The maximum Gasteiger partial charge on any atom is 0.335 e. The number of carbonyl (C=O) groups is 1. The molecule has 7 heteroatoms. The van der Waals surface area contributed by atoms with E-state index in [1.165, 1.54) is 0 Å². The summed E-state index contributed by atoms with van der Waals surface area (Å²) in [6, 6.07) is 1.13. The molecule has 0 aromatic heterocycles. The lowest BCUT2D eigenvalue weighted by Gasteiger charge is -2.12. The molecule has 0 heterocycles. The summed E-state index contributed by atoms with van der Waals surface area (Å²) < 4.78 is 51.1. The van der Waals surface area contributed by atoms with Crippen molar-refractivity contribution in [1.82, 2.24) is 0 Å². The third-order valence-electron chi connectivity index (χ3n) is 2.86. The average Bonchev–Trinajstić information content (AvgIpc) is 2.31. The molecule has 4 nitrogen and oxygen atoms in total. The summed E-state index contributed by atoms with van der Waals surface area (Å²) in [7, 11) is -4.07. The summed E-state index contributed by atoms with van der Waals surface area (Å²) in [5.74, 6) is -5.09. The Balaban J connectivity index is 3.27. The lowest BCUT2D eigenvalue weighted by atomic mass is 10.1. The fourth-order valence-electron chi connectivity index (χ4n) is 1.95. The zero-order valence-corrected chi connectivity index (χ0v) is 12.0. The Bertz CT molecular complexity index is 611. The van der Waals surface area contributed by atoms with Gasteiger partial charge in [0.1, 0.15) is 4.90 Å². The van der Waals surface area contributed by atoms with E-state index in [0.717, 1.165) is 6.42 Å². The smallest absolute Gasteiger partial charge is 0.335 e. The summed E-state index contributed by atoms with van der Waals surface area (Å²) in [5.41, 5.74) is -0.592. The minimum Gasteiger partial charge on any atom is -0.478 e. The largest absolute Gasteiger partial charge is 0.478 e. The highest BCUT2D eigenvalue weighted by atomic mass is 32.2. The second kappa shape index (κ2) is 6.30. The van der Waals surface area contributed by atoms with Crippen molar-refractivity contribution in [3.05, 3.63) is 29.3 Å². The fourth-order valence-corrected chi connectivity index (χ4v) is 3.73. The van der Waals surface area contributed by atoms with Crippen molar-refractivity contribution in [3.63, 3.8) is 0 Å². The molecule has 20 heavy (non-hydrogen) atoms. The summed E-state index contributed by atoms with van der Waals surface area (Å²) in [4.78, 5) is 9.89. The van der Waals surface area contributed by atoms with E-state index in [4.69, 9.17) is 5.11 Å². The fraction of sp³-hybridized carbons (Fsp3) is 0.462. The van der Waals surface area contributed by atoms with Crippen LogP contribution in [-0.4, -0.2) is 25.2 Å². The van der Waals surface area contributed by atoms with Crippen molar-refractivity contribution in [3.8, 4) is 0 Å². The van der Waals surface area contributed by atoms with Crippen molar-refractivity contribution in [2.75, 3.05) is 5.75 Å². The van der Waals surface area contributed by atoms with Gasteiger partial charge >= 0.3 is 5.97 Å². The van der Waals surface area contributed by atoms with E-state index in [0.29, 0.717) is 18.6 Å². The van der Waals surface area contributed by atoms with Crippen LogP contribution < -0.4 is 0 Å². The minimum atomic E-state index is -4.07. The van der Waals surface area contributed by atoms with E-state index < -0.39 is 37.9 Å². The predicted molar refractivity (Wildman–Crippen MR) is 69.4 cm³/mol. The molecule has 112 valence electrons. The molecule has 0 saturated carbocycles. The van der Waals surface area contributed by atoms with E-state index in [9.17, 15) is 22.0 Å². The number of benzene rings is 1. The second-order valence-electron chi connectivity index (χ2n) is 4.75. The van der Waals surface area contributed by atoms with Gasteiger partial charge in [0.25, 0.3) is 0 Å². The Kier molecular flexibility index (Phi) is 5.21. The van der Waals surface area contributed by atoms with Crippen LogP contribution in [0.1, 0.15) is 37.0 Å². The van der Waals surface area contributed by atoms with Gasteiger partial charge in [0.15, 0.2) is 21.5 Å². The lowest BCUT2D eigenvalue weighted by Crippen LogP contribution is -2.17. The highest BCUT2D eigenvalue weighted by Gasteiger charge is 2.26. The normalized spacial score (nSPS) is 13.2. The number of hydrogen-bond donors (Lipinski definition) is 1. The first-order valence-electron chi connectivity index (χ1n) is 6.14. The van der Waals surface area contributed by atoms with Crippen LogP contribution in [0.25, 0.3) is 0 Å². The number of hydrogen-bond acceptors (Lipinski definition) is 3. The molecular formula is C13H16F2O4S. The SMILES string of the molecule is CCCC(C)CS(=O)(=O)c1cc(C(=O)O)cc(F)c1F. The Hall–Kier alpha value is -1.50. The molecule has 1 rings (SSSR count). The molecule has 1 atom stereocenters. The van der Waals surface area contributed by atoms with E-state index in [1.807, 2.05) is 6.92 Å². The molecule has 0 spiro atoms. The van der Waals surface area contributed by atoms with Gasteiger partial charge in [-0.05, 0) is 24.5 Å². The third-order valence-corrected chi connectivity index (χ3v) is 4.84. The quantitative estimate of drug-likeness (QED) is 0.877. The first-order chi connectivity index (χ1) is 9.19. The van der Waals surface area contributed by atoms with Gasteiger partial charge in [0, 0.05) is 0 Å². The summed E-state index contributed by atoms with van der Waals surface area (Å²) in [5, 5.41) is 8.77. The number of aromatic carboxylic acids is 1. The highest BCUT2D eigenvalue weighted by Crippen LogP contribution is 2.23. The van der Waals surface area contributed by atoms with Crippen molar-refractivity contribution >= 4 is 15.8 Å². The number of sulfone groups is 1. The van der Waals surface area contributed by atoms with Crippen LogP contribution in [0, 0.1) is 17.6 Å². The van der Waals surface area contributed by atoms with Gasteiger partial charge in [-0.25, -0.2) is 22.0 Å². The van der Waals surface area contributed by atoms with Crippen LogP contribution in [0.4, 0.5) is 8.78 Å². The predicted octanol–water partition coefficient (Wildman–Crippen LogP) is 2.87. The summed E-state index contributed by atoms with van der Waals surface area (Å²) in [6.45, 7) is 3.57. The summed E-state index contributed by atoms with van der Waals surface area (Å²) in [6.07, 6.45) is 1.39. The van der Waals surface area contributed by atoms with Crippen molar-refractivity contribution in [1.29, 1.82) is 0 Å². The Labute approximate surface area is 116 Å². The molecular weight excluding hydrogens is 290 g/mol. The maximum absolute atomic E-state index is 13.6. The maximum atomic E-state index is 13.6. The second-order valence-corrected chi connectivity index (χ2v) is 6.75. The highest BCUT2D eigenvalue weighted by molar-refractivity contribution is 7.91. The van der Waals surface area contributed by atoms with Gasteiger partial charge in [-0.3, -0.25) is 0 Å². The molecule has 0 aliphatic heterocycles. The van der Waals surface area contributed by atoms with E-state index >= 15 is 0 Å². The molecule has 1 unspecified atom stereocenters. The van der Waals surface area contributed by atoms with Crippen LogP contribution in [0.15, 0.2) is 17.0 Å².